The van der Waals surface area contributed by atoms with Crippen LogP contribution in [0.2, 0.25) is 0 Å². The van der Waals surface area contributed by atoms with Crippen LogP contribution in [0.15, 0.2) is 57.8 Å². The van der Waals surface area contributed by atoms with Crippen LogP contribution in [-0.4, -0.2) is 30.8 Å². The molecule has 3 aromatic rings. The van der Waals surface area contributed by atoms with Crippen molar-refractivity contribution < 1.29 is 22.0 Å². The second-order valence-corrected chi connectivity index (χ2v) is 7.19. The molecule has 0 saturated heterocycles. The molecule has 0 atom stereocenters. The summed E-state index contributed by atoms with van der Waals surface area (Å²) in [5, 5.41) is 9.87. The Morgan fingerprint density at radius 1 is 1.12 bits per heavy atom. The lowest BCUT2D eigenvalue weighted by atomic mass is 10.2. The number of aromatic nitrogens is 2. The molecular weight excluding hydrogens is 349 g/mol. The van der Waals surface area contributed by atoms with Crippen LogP contribution < -0.4 is 5.32 Å². The van der Waals surface area contributed by atoms with Crippen molar-refractivity contribution in [3.05, 3.63) is 59.9 Å². The van der Waals surface area contributed by atoms with Gasteiger partial charge < -0.3 is 4.42 Å². The van der Waals surface area contributed by atoms with Crippen LogP contribution in [0.4, 0.5) is 10.4 Å². The van der Waals surface area contributed by atoms with E-state index in [0.29, 0.717) is 5.56 Å². The lowest BCUT2D eigenvalue weighted by Gasteiger charge is -2.01. The van der Waals surface area contributed by atoms with Crippen LogP contribution in [-0.2, 0) is 9.84 Å². The third-order valence-corrected chi connectivity index (χ3v) is 4.37. The van der Waals surface area contributed by atoms with Crippen LogP contribution in [0.5, 0.6) is 0 Å². The van der Waals surface area contributed by atoms with Gasteiger partial charge >= 0.3 is 6.01 Å². The Morgan fingerprint density at radius 3 is 2.52 bits per heavy atom. The number of nitrogens with zero attached hydrogens (tertiary/aromatic N) is 2. The van der Waals surface area contributed by atoms with E-state index in [2.05, 4.69) is 15.5 Å². The molecule has 25 heavy (non-hydrogen) atoms. The fourth-order valence-corrected chi connectivity index (χ4v) is 2.69. The largest absolute Gasteiger partial charge is 0.403 e. The van der Waals surface area contributed by atoms with E-state index in [-0.39, 0.29) is 22.4 Å². The molecule has 1 amide bonds. The summed E-state index contributed by atoms with van der Waals surface area (Å²) in [6.07, 6.45) is 1.09. The van der Waals surface area contributed by atoms with E-state index < -0.39 is 21.6 Å². The Bertz CT molecular complexity index is 1030. The Kier molecular flexibility index (Phi) is 4.32. The maximum absolute atomic E-state index is 12.9. The Labute approximate surface area is 142 Å². The number of hydrogen-bond acceptors (Lipinski definition) is 6. The first kappa shape index (κ1) is 16.8. The number of benzene rings is 2. The molecular formula is C16H12FN3O4S. The standard InChI is InChI=1S/C16H12FN3O4S/c1-25(22,23)13-4-2-3-11(9-13)15-19-20-16(24-15)18-14(21)10-5-7-12(17)8-6-10/h2-9H,1H3,(H,18,20,21). The third-order valence-electron chi connectivity index (χ3n) is 3.26. The molecule has 7 nitrogen and oxygen atoms in total. The van der Waals surface area contributed by atoms with Crippen LogP contribution in [0, 0.1) is 5.82 Å². The van der Waals surface area contributed by atoms with Gasteiger partial charge in [-0.1, -0.05) is 11.2 Å². The van der Waals surface area contributed by atoms with Crippen LogP contribution >= 0.6 is 0 Å². The monoisotopic (exact) mass is 361 g/mol. The van der Waals surface area contributed by atoms with E-state index in [1.54, 1.807) is 12.1 Å². The summed E-state index contributed by atoms with van der Waals surface area (Å²) in [5.74, 6) is -0.942. The molecule has 1 heterocycles. The Balaban J connectivity index is 1.81. The first-order valence-corrected chi connectivity index (χ1v) is 8.93. The van der Waals surface area contributed by atoms with Crippen LogP contribution in [0.3, 0.4) is 0 Å². The number of rotatable bonds is 4. The summed E-state index contributed by atoms with van der Waals surface area (Å²) < 4.78 is 41.4. The van der Waals surface area contributed by atoms with Gasteiger partial charge in [-0.25, -0.2) is 12.8 Å². The highest BCUT2D eigenvalue weighted by molar-refractivity contribution is 7.90. The predicted molar refractivity (Wildman–Crippen MR) is 87.2 cm³/mol. The highest BCUT2D eigenvalue weighted by Gasteiger charge is 2.15. The van der Waals surface area contributed by atoms with E-state index in [1.165, 1.54) is 24.3 Å². The lowest BCUT2D eigenvalue weighted by molar-refractivity contribution is 0.102. The normalized spacial score (nSPS) is 11.3. The molecule has 0 aliphatic carbocycles. The molecule has 0 aliphatic heterocycles. The van der Waals surface area contributed by atoms with E-state index in [4.69, 9.17) is 4.42 Å². The number of carbonyl (C=O) groups is 1. The van der Waals surface area contributed by atoms with E-state index in [9.17, 15) is 17.6 Å². The van der Waals surface area contributed by atoms with Crippen LogP contribution in [0.1, 0.15) is 10.4 Å². The van der Waals surface area contributed by atoms with Crippen molar-refractivity contribution in [2.75, 3.05) is 11.6 Å². The highest BCUT2D eigenvalue weighted by atomic mass is 32.2. The number of sulfone groups is 1. The van der Waals surface area contributed by atoms with Crippen molar-refractivity contribution >= 4 is 21.8 Å². The number of nitrogens with one attached hydrogen (secondary N) is 1. The molecule has 2 aromatic carbocycles. The minimum absolute atomic E-state index is 0.0555. The molecule has 0 unspecified atom stereocenters. The number of carbonyl (C=O) groups excluding carboxylic acids is 1. The van der Waals surface area contributed by atoms with Crippen molar-refractivity contribution in [2.45, 2.75) is 4.90 Å². The summed E-state index contributed by atoms with van der Waals surface area (Å²) in [5.41, 5.74) is 0.623. The highest BCUT2D eigenvalue weighted by Crippen LogP contribution is 2.23. The minimum atomic E-state index is -3.38. The fourth-order valence-electron chi connectivity index (χ4n) is 2.02. The van der Waals surface area contributed by atoms with Gasteiger partial charge in [0.05, 0.1) is 4.90 Å². The topological polar surface area (TPSA) is 102 Å². The summed E-state index contributed by atoms with van der Waals surface area (Å²) in [6.45, 7) is 0. The molecule has 9 heteroatoms. The van der Waals surface area contributed by atoms with Crippen molar-refractivity contribution in [2.24, 2.45) is 0 Å². The van der Waals surface area contributed by atoms with Gasteiger partial charge in [-0.2, -0.15) is 0 Å². The Hall–Kier alpha value is -3.07. The summed E-state index contributed by atoms with van der Waals surface area (Å²) in [7, 11) is -3.38. The van der Waals surface area contributed by atoms with E-state index in [0.717, 1.165) is 18.4 Å². The maximum Gasteiger partial charge on any atom is 0.322 e. The summed E-state index contributed by atoms with van der Waals surface area (Å²) >= 11 is 0. The zero-order valence-corrected chi connectivity index (χ0v) is 13.7. The second-order valence-electron chi connectivity index (χ2n) is 5.17. The van der Waals surface area contributed by atoms with Gasteiger partial charge in [-0.3, -0.25) is 10.1 Å². The molecule has 0 radical (unpaired) electrons. The minimum Gasteiger partial charge on any atom is -0.403 e. The maximum atomic E-state index is 12.9. The zero-order chi connectivity index (χ0) is 18.0. The molecule has 0 fully saturated rings. The van der Waals surface area contributed by atoms with Crippen molar-refractivity contribution in [1.29, 1.82) is 0 Å². The van der Waals surface area contributed by atoms with Crippen LogP contribution in [0.25, 0.3) is 11.5 Å². The van der Waals surface area contributed by atoms with Gasteiger partial charge in [-0.05, 0) is 42.5 Å². The second kappa shape index (κ2) is 6.44. The van der Waals surface area contributed by atoms with Crippen molar-refractivity contribution in [1.82, 2.24) is 10.2 Å². The van der Waals surface area contributed by atoms with Gasteiger partial charge in [0.2, 0.25) is 5.89 Å². The number of anilines is 1. The fraction of sp³-hybridized carbons (Fsp3) is 0.0625. The molecule has 3 rings (SSSR count). The molecule has 1 aromatic heterocycles. The summed E-state index contributed by atoms with van der Waals surface area (Å²) in [4.78, 5) is 12.1. The average Bonchev–Trinajstić information content (AvgIpc) is 3.03. The van der Waals surface area contributed by atoms with Gasteiger partial charge in [0, 0.05) is 17.4 Å². The van der Waals surface area contributed by atoms with Gasteiger partial charge in [0.1, 0.15) is 5.82 Å². The molecule has 0 bridgehead atoms. The summed E-state index contributed by atoms with van der Waals surface area (Å²) in [6, 6.07) is 10.8. The first-order chi connectivity index (χ1) is 11.8. The molecule has 0 spiro atoms. The van der Waals surface area contributed by atoms with Crippen molar-refractivity contribution in [3.8, 4) is 11.5 Å². The van der Waals surface area contributed by atoms with Gasteiger partial charge in [0.25, 0.3) is 5.91 Å². The number of halogens is 1. The number of amides is 1. The zero-order valence-electron chi connectivity index (χ0n) is 12.9. The first-order valence-electron chi connectivity index (χ1n) is 7.04. The Morgan fingerprint density at radius 2 is 1.84 bits per heavy atom. The molecule has 128 valence electrons. The molecule has 0 saturated carbocycles. The van der Waals surface area contributed by atoms with E-state index >= 15 is 0 Å². The lowest BCUT2D eigenvalue weighted by Crippen LogP contribution is -2.12. The molecule has 0 aliphatic rings. The van der Waals surface area contributed by atoms with E-state index in [1.807, 2.05) is 0 Å². The van der Waals surface area contributed by atoms with Gasteiger partial charge in [0.15, 0.2) is 9.84 Å². The third kappa shape index (κ3) is 3.89. The average molecular weight is 361 g/mol. The smallest absolute Gasteiger partial charge is 0.322 e. The van der Waals surface area contributed by atoms with Gasteiger partial charge in [-0.15, -0.1) is 5.10 Å². The number of hydrogen-bond donors (Lipinski definition) is 1. The predicted octanol–water partition coefficient (Wildman–Crippen LogP) is 2.53. The molecule has 1 N–H and O–H groups in total. The quantitative estimate of drug-likeness (QED) is 0.766. The van der Waals surface area contributed by atoms with Crippen molar-refractivity contribution in [3.63, 3.8) is 0 Å². The SMILES string of the molecule is CS(=O)(=O)c1cccc(-c2nnc(NC(=O)c3ccc(F)cc3)o2)c1.